The third-order valence-corrected chi connectivity index (χ3v) is 2.50. The number of rotatable bonds is 3. The molecule has 84 valence electrons. The topological polar surface area (TPSA) is 57.2 Å². The van der Waals surface area contributed by atoms with Gasteiger partial charge in [0.15, 0.2) is 0 Å². The molecule has 0 amide bonds. The highest BCUT2D eigenvalue weighted by Gasteiger charge is 2.04. The van der Waals surface area contributed by atoms with Crippen molar-refractivity contribution in [3.8, 4) is 11.1 Å². The number of hydrogen-bond donors (Lipinski definition) is 0. The van der Waals surface area contributed by atoms with Crippen LogP contribution in [0, 0.1) is 0 Å². The molecule has 0 aliphatic carbocycles. The number of carboxylic acid groups (broad SMARTS) is 1. The normalized spacial score (nSPS) is 9.88. The summed E-state index contributed by atoms with van der Waals surface area (Å²) >= 11 is 0. The summed E-state index contributed by atoms with van der Waals surface area (Å²) in [6, 6.07) is 13.3. The average molecular weight is 225 g/mol. The first-order valence-electron chi connectivity index (χ1n) is 5.08. The third kappa shape index (κ3) is 2.23. The van der Waals surface area contributed by atoms with E-state index in [0.717, 1.165) is 11.8 Å². The molecule has 0 fully saturated rings. The lowest BCUT2D eigenvalue weighted by Crippen LogP contribution is -2.22. The van der Waals surface area contributed by atoms with E-state index in [4.69, 9.17) is 0 Å². The van der Waals surface area contributed by atoms with Crippen molar-refractivity contribution in [2.24, 2.45) is 0 Å². The van der Waals surface area contributed by atoms with E-state index >= 15 is 0 Å². The Hall–Kier alpha value is -2.42. The molecule has 0 saturated carbocycles. The smallest absolute Gasteiger partial charge is 0.150 e. The van der Waals surface area contributed by atoms with E-state index in [1.165, 1.54) is 6.07 Å². The van der Waals surface area contributed by atoms with E-state index in [2.05, 4.69) is 0 Å². The van der Waals surface area contributed by atoms with E-state index in [0.29, 0.717) is 11.1 Å². The van der Waals surface area contributed by atoms with Crippen LogP contribution in [0.4, 0.5) is 0 Å². The highest BCUT2D eigenvalue weighted by Crippen LogP contribution is 2.23. The van der Waals surface area contributed by atoms with Gasteiger partial charge in [-0.2, -0.15) is 0 Å². The summed E-state index contributed by atoms with van der Waals surface area (Å²) in [6.07, 6.45) is 0.744. The van der Waals surface area contributed by atoms with Gasteiger partial charge in [-0.05, 0) is 11.1 Å². The monoisotopic (exact) mass is 225 g/mol. The second-order valence-corrected chi connectivity index (χ2v) is 3.57. The van der Waals surface area contributed by atoms with Gasteiger partial charge in [0.05, 0.1) is 5.97 Å². The van der Waals surface area contributed by atoms with Crippen LogP contribution in [0.1, 0.15) is 20.7 Å². The molecule has 0 aliphatic rings. The summed E-state index contributed by atoms with van der Waals surface area (Å²) in [5, 5.41) is 11.0. The molecule has 0 N–H and O–H groups in total. The minimum atomic E-state index is -1.21. The quantitative estimate of drug-likeness (QED) is 0.744. The molecule has 3 nitrogen and oxygen atoms in total. The largest absolute Gasteiger partial charge is 0.545 e. The summed E-state index contributed by atoms with van der Waals surface area (Å²) in [4.78, 5) is 21.5. The Labute approximate surface area is 98.3 Å². The fourth-order valence-electron chi connectivity index (χ4n) is 1.65. The Bertz CT molecular complexity index is 556. The predicted octanol–water partition coefficient (Wildman–Crippen LogP) is 1.53. The first-order chi connectivity index (χ1) is 8.22. The van der Waals surface area contributed by atoms with Crippen LogP contribution in [0.5, 0.6) is 0 Å². The van der Waals surface area contributed by atoms with Crippen LogP contribution in [0.25, 0.3) is 11.1 Å². The van der Waals surface area contributed by atoms with Crippen LogP contribution in [-0.4, -0.2) is 12.3 Å². The molecule has 17 heavy (non-hydrogen) atoms. The van der Waals surface area contributed by atoms with Gasteiger partial charge in [-0.1, -0.05) is 48.5 Å². The molecule has 2 rings (SSSR count). The second kappa shape index (κ2) is 4.61. The van der Waals surface area contributed by atoms with E-state index in [1.54, 1.807) is 42.5 Å². The van der Waals surface area contributed by atoms with Gasteiger partial charge >= 0.3 is 0 Å². The van der Waals surface area contributed by atoms with Gasteiger partial charge in [-0.3, -0.25) is 4.79 Å². The van der Waals surface area contributed by atoms with Gasteiger partial charge in [-0.15, -0.1) is 0 Å². The molecule has 0 radical (unpaired) electrons. The predicted molar refractivity (Wildman–Crippen MR) is 61.6 cm³/mol. The van der Waals surface area contributed by atoms with Crippen molar-refractivity contribution in [3.63, 3.8) is 0 Å². The molecule has 0 spiro atoms. The zero-order chi connectivity index (χ0) is 12.3. The molecule has 0 atom stereocenters. The molecule has 0 aliphatic heterocycles. The van der Waals surface area contributed by atoms with Crippen LogP contribution in [0.15, 0.2) is 48.5 Å². The molecule has 0 aromatic heterocycles. The number of aldehydes is 1. The number of carboxylic acids is 1. The lowest BCUT2D eigenvalue weighted by Gasteiger charge is -2.10. The molecule has 0 unspecified atom stereocenters. The van der Waals surface area contributed by atoms with Gasteiger partial charge in [-0.25, -0.2) is 0 Å². The zero-order valence-corrected chi connectivity index (χ0v) is 8.92. The fraction of sp³-hybridized carbons (Fsp3) is 0. The van der Waals surface area contributed by atoms with Crippen molar-refractivity contribution in [2.75, 3.05) is 0 Å². The molecule has 0 saturated heterocycles. The lowest BCUT2D eigenvalue weighted by molar-refractivity contribution is -0.254. The number of carbonyl (C=O) groups excluding carboxylic acids is 2. The van der Waals surface area contributed by atoms with Gasteiger partial charge < -0.3 is 9.90 Å². The lowest BCUT2D eigenvalue weighted by atomic mass is 9.99. The summed E-state index contributed by atoms with van der Waals surface area (Å²) < 4.78 is 0. The Kier molecular flexibility index (Phi) is 3.01. The number of hydrogen-bond acceptors (Lipinski definition) is 3. The van der Waals surface area contributed by atoms with Crippen LogP contribution < -0.4 is 5.11 Å². The Balaban J connectivity index is 2.52. The summed E-state index contributed by atoms with van der Waals surface area (Å²) in [6.45, 7) is 0. The summed E-state index contributed by atoms with van der Waals surface area (Å²) in [5.74, 6) is -1.21. The van der Waals surface area contributed by atoms with E-state index < -0.39 is 5.97 Å². The first kappa shape index (κ1) is 11.1. The van der Waals surface area contributed by atoms with Crippen LogP contribution in [-0.2, 0) is 0 Å². The Morgan fingerprint density at radius 2 is 1.65 bits per heavy atom. The second-order valence-electron chi connectivity index (χ2n) is 3.57. The third-order valence-electron chi connectivity index (χ3n) is 2.50. The van der Waals surface area contributed by atoms with Crippen LogP contribution >= 0.6 is 0 Å². The van der Waals surface area contributed by atoms with Crippen molar-refractivity contribution in [1.82, 2.24) is 0 Å². The maximum Gasteiger partial charge on any atom is 0.150 e. The van der Waals surface area contributed by atoms with Crippen molar-refractivity contribution in [3.05, 3.63) is 59.7 Å². The molecular weight excluding hydrogens is 216 g/mol. The molecule has 2 aromatic carbocycles. The van der Waals surface area contributed by atoms with Crippen molar-refractivity contribution < 1.29 is 14.7 Å². The van der Waals surface area contributed by atoms with E-state index in [1.807, 2.05) is 0 Å². The van der Waals surface area contributed by atoms with Gasteiger partial charge in [0.2, 0.25) is 0 Å². The zero-order valence-electron chi connectivity index (χ0n) is 8.92. The molecule has 2 aromatic rings. The molecule has 3 heteroatoms. The molecule has 0 heterocycles. The first-order valence-corrected chi connectivity index (χ1v) is 5.08. The highest BCUT2D eigenvalue weighted by molar-refractivity contribution is 5.94. The maximum absolute atomic E-state index is 11.0. The minimum Gasteiger partial charge on any atom is -0.545 e. The minimum absolute atomic E-state index is 0.145. The van der Waals surface area contributed by atoms with Crippen LogP contribution in [0.3, 0.4) is 0 Å². The summed E-state index contributed by atoms with van der Waals surface area (Å²) in [7, 11) is 0. The number of benzene rings is 2. The maximum atomic E-state index is 11.0. The van der Waals surface area contributed by atoms with Gasteiger partial charge in [0.25, 0.3) is 0 Å². The highest BCUT2D eigenvalue weighted by atomic mass is 16.4. The van der Waals surface area contributed by atoms with Crippen molar-refractivity contribution in [1.29, 1.82) is 0 Å². The van der Waals surface area contributed by atoms with Gasteiger partial charge in [0.1, 0.15) is 6.29 Å². The standard InChI is InChI=1S/C14H10O3/c15-9-10-5-7-11(8-6-10)12-3-1-2-4-13(12)14(16)17/h1-9H,(H,16,17)/p-1. The molecular formula is C14H9O3-. The summed E-state index contributed by atoms with van der Waals surface area (Å²) in [5.41, 5.74) is 2.03. The fourth-order valence-corrected chi connectivity index (χ4v) is 1.65. The Morgan fingerprint density at radius 1 is 1.00 bits per heavy atom. The van der Waals surface area contributed by atoms with Gasteiger partial charge in [0, 0.05) is 11.1 Å². The van der Waals surface area contributed by atoms with Crippen molar-refractivity contribution >= 4 is 12.3 Å². The van der Waals surface area contributed by atoms with Crippen molar-refractivity contribution in [2.45, 2.75) is 0 Å². The average Bonchev–Trinajstić information content (AvgIpc) is 2.39. The van der Waals surface area contributed by atoms with Crippen LogP contribution in [0.2, 0.25) is 0 Å². The number of aromatic carboxylic acids is 1. The Morgan fingerprint density at radius 3 is 2.24 bits per heavy atom. The molecule has 0 bridgehead atoms. The van der Waals surface area contributed by atoms with E-state index in [-0.39, 0.29) is 5.56 Å². The number of carbonyl (C=O) groups is 2. The SMILES string of the molecule is O=Cc1ccc(-c2ccccc2C(=O)[O-])cc1. The van der Waals surface area contributed by atoms with E-state index in [9.17, 15) is 14.7 Å².